The van der Waals surface area contributed by atoms with Gasteiger partial charge in [0, 0.05) is 25.7 Å². The van der Waals surface area contributed by atoms with Crippen LogP contribution >= 0.6 is 0 Å². The topological polar surface area (TPSA) is 85.2 Å². The van der Waals surface area contributed by atoms with Crippen LogP contribution in [-0.4, -0.2) is 47.2 Å². The largest absolute Gasteiger partial charge is 0.383 e. The molecular formula is C16H26N4O3. The Bertz CT molecular complexity index is 587. The molecule has 2 rings (SSSR count). The first kappa shape index (κ1) is 17.5. The van der Waals surface area contributed by atoms with Gasteiger partial charge < -0.3 is 19.9 Å². The summed E-state index contributed by atoms with van der Waals surface area (Å²) in [5, 5.41) is 5.70. The molecule has 1 aliphatic rings. The molecule has 2 amide bonds. The molecule has 0 unspecified atom stereocenters. The van der Waals surface area contributed by atoms with E-state index in [9.17, 15) is 9.59 Å². The molecule has 2 heterocycles. The number of fused-ring (bicyclic) bond motifs is 1. The number of rotatable bonds is 5. The van der Waals surface area contributed by atoms with E-state index >= 15 is 0 Å². The minimum Gasteiger partial charge on any atom is -0.383 e. The Labute approximate surface area is 136 Å². The molecule has 0 aromatic carbocycles. The number of hydrogen-bond acceptors (Lipinski definition) is 4. The fourth-order valence-electron chi connectivity index (χ4n) is 2.64. The van der Waals surface area contributed by atoms with Gasteiger partial charge in [0.2, 0.25) is 0 Å². The zero-order valence-electron chi connectivity index (χ0n) is 14.4. The molecule has 0 saturated carbocycles. The van der Waals surface area contributed by atoms with E-state index in [0.29, 0.717) is 24.7 Å². The van der Waals surface area contributed by atoms with Gasteiger partial charge in [-0.2, -0.15) is 0 Å². The first-order chi connectivity index (χ1) is 10.8. The van der Waals surface area contributed by atoms with Crippen molar-refractivity contribution in [1.82, 2.24) is 20.2 Å². The Kier molecular flexibility index (Phi) is 5.41. The summed E-state index contributed by atoms with van der Waals surface area (Å²) in [6, 6.07) is 0. The average Bonchev–Trinajstić information content (AvgIpc) is 2.85. The molecule has 1 aliphatic heterocycles. The van der Waals surface area contributed by atoms with E-state index < -0.39 is 0 Å². The van der Waals surface area contributed by atoms with Gasteiger partial charge in [-0.25, -0.2) is 4.98 Å². The third-order valence-corrected chi connectivity index (χ3v) is 3.62. The number of hydrogen-bond donors (Lipinski definition) is 2. The summed E-state index contributed by atoms with van der Waals surface area (Å²) in [4.78, 5) is 29.2. The second-order valence-electron chi connectivity index (χ2n) is 6.79. The highest BCUT2D eigenvalue weighted by Gasteiger charge is 2.28. The fourth-order valence-corrected chi connectivity index (χ4v) is 2.64. The van der Waals surface area contributed by atoms with E-state index in [2.05, 4.69) is 15.6 Å². The predicted octanol–water partition coefficient (Wildman–Crippen LogP) is 1.12. The molecule has 2 N–H and O–H groups in total. The van der Waals surface area contributed by atoms with Crippen molar-refractivity contribution in [2.75, 3.05) is 20.3 Å². The summed E-state index contributed by atoms with van der Waals surface area (Å²) in [5.41, 5.74) is 0.884. The van der Waals surface area contributed by atoms with Gasteiger partial charge in [-0.05, 0) is 40.0 Å². The van der Waals surface area contributed by atoms with Crippen LogP contribution in [0.4, 0.5) is 0 Å². The van der Waals surface area contributed by atoms with E-state index in [1.165, 1.54) is 0 Å². The van der Waals surface area contributed by atoms with Crippen LogP contribution in [0.2, 0.25) is 0 Å². The summed E-state index contributed by atoms with van der Waals surface area (Å²) in [6.45, 7) is 7.35. The number of imidazole rings is 1. The fraction of sp³-hybridized carbons (Fsp3) is 0.688. The molecule has 0 aliphatic carbocycles. The molecule has 0 bridgehead atoms. The molecule has 1 aromatic heterocycles. The third-order valence-electron chi connectivity index (χ3n) is 3.62. The van der Waals surface area contributed by atoms with Crippen molar-refractivity contribution >= 4 is 11.8 Å². The Hall–Kier alpha value is -1.89. The number of amides is 2. The Balaban J connectivity index is 2.27. The SMILES string of the molecule is COCCNC(=O)c1nc(C(=O)NC(C)(C)C)c2n1CCCC2. The lowest BCUT2D eigenvalue weighted by molar-refractivity contribution is 0.0913. The quantitative estimate of drug-likeness (QED) is 0.796. The van der Waals surface area contributed by atoms with Gasteiger partial charge >= 0.3 is 0 Å². The van der Waals surface area contributed by atoms with Gasteiger partial charge in [-0.15, -0.1) is 0 Å². The summed E-state index contributed by atoms with van der Waals surface area (Å²) in [5.74, 6) is -0.172. The minimum atomic E-state index is -0.344. The maximum absolute atomic E-state index is 12.5. The Morgan fingerprint density at radius 3 is 2.65 bits per heavy atom. The lowest BCUT2D eigenvalue weighted by Crippen LogP contribution is -2.41. The van der Waals surface area contributed by atoms with Crippen molar-refractivity contribution < 1.29 is 14.3 Å². The van der Waals surface area contributed by atoms with Crippen molar-refractivity contribution in [1.29, 1.82) is 0 Å². The normalized spacial score (nSPS) is 14.3. The molecule has 23 heavy (non-hydrogen) atoms. The number of ether oxygens (including phenoxy) is 1. The molecule has 1 aromatic rings. The smallest absolute Gasteiger partial charge is 0.287 e. The molecule has 7 heteroatoms. The second kappa shape index (κ2) is 7.12. The molecule has 0 saturated heterocycles. The van der Waals surface area contributed by atoms with Crippen LogP contribution in [0.15, 0.2) is 0 Å². The van der Waals surface area contributed by atoms with E-state index in [0.717, 1.165) is 31.5 Å². The summed E-state index contributed by atoms with van der Waals surface area (Å²) in [6.07, 6.45) is 2.76. The minimum absolute atomic E-state index is 0.223. The molecule has 0 radical (unpaired) electrons. The van der Waals surface area contributed by atoms with Crippen LogP contribution in [0.3, 0.4) is 0 Å². The highest BCUT2D eigenvalue weighted by atomic mass is 16.5. The van der Waals surface area contributed by atoms with Gasteiger partial charge in [0.1, 0.15) is 5.69 Å². The Morgan fingerprint density at radius 2 is 2.00 bits per heavy atom. The van der Waals surface area contributed by atoms with Gasteiger partial charge in [-0.3, -0.25) is 9.59 Å². The van der Waals surface area contributed by atoms with Crippen LogP contribution in [0.25, 0.3) is 0 Å². The molecule has 0 fully saturated rings. The van der Waals surface area contributed by atoms with Crippen molar-refractivity contribution in [3.8, 4) is 0 Å². The zero-order valence-corrected chi connectivity index (χ0v) is 14.4. The van der Waals surface area contributed by atoms with Crippen LogP contribution in [0, 0.1) is 0 Å². The number of carbonyl (C=O) groups excluding carboxylic acids is 2. The average molecular weight is 322 g/mol. The highest BCUT2D eigenvalue weighted by molar-refractivity contribution is 5.97. The maximum atomic E-state index is 12.5. The standard InChI is InChI=1S/C16H26N4O3/c1-16(2,3)19-14(21)12-11-7-5-6-9-20(11)13(18-12)15(22)17-8-10-23-4/h5-10H2,1-4H3,(H,17,22)(H,19,21). The third kappa shape index (κ3) is 4.31. The first-order valence-corrected chi connectivity index (χ1v) is 8.02. The number of nitrogens with zero attached hydrogens (tertiary/aromatic N) is 2. The number of aromatic nitrogens is 2. The van der Waals surface area contributed by atoms with Gasteiger partial charge in [0.15, 0.2) is 5.82 Å². The molecular weight excluding hydrogens is 296 g/mol. The number of methoxy groups -OCH3 is 1. The number of nitrogens with one attached hydrogen (secondary N) is 2. The van der Waals surface area contributed by atoms with Crippen molar-refractivity contribution in [2.45, 2.75) is 52.1 Å². The van der Waals surface area contributed by atoms with Crippen molar-refractivity contribution in [3.63, 3.8) is 0 Å². The lowest BCUT2D eigenvalue weighted by Gasteiger charge is -2.21. The summed E-state index contributed by atoms with van der Waals surface area (Å²) in [7, 11) is 1.58. The molecule has 128 valence electrons. The first-order valence-electron chi connectivity index (χ1n) is 8.02. The van der Waals surface area contributed by atoms with Gasteiger partial charge in [0.25, 0.3) is 11.8 Å². The van der Waals surface area contributed by atoms with E-state index in [4.69, 9.17) is 4.74 Å². The Morgan fingerprint density at radius 1 is 1.26 bits per heavy atom. The predicted molar refractivity (Wildman–Crippen MR) is 86.6 cm³/mol. The second-order valence-corrected chi connectivity index (χ2v) is 6.79. The summed E-state index contributed by atoms with van der Waals surface area (Å²) >= 11 is 0. The monoisotopic (exact) mass is 322 g/mol. The molecule has 7 nitrogen and oxygen atoms in total. The number of carbonyl (C=O) groups is 2. The van der Waals surface area contributed by atoms with Gasteiger partial charge in [-0.1, -0.05) is 0 Å². The van der Waals surface area contributed by atoms with Crippen LogP contribution < -0.4 is 10.6 Å². The lowest BCUT2D eigenvalue weighted by atomic mass is 10.1. The maximum Gasteiger partial charge on any atom is 0.287 e. The van der Waals surface area contributed by atoms with Crippen LogP contribution in [0.1, 0.15) is 60.4 Å². The van der Waals surface area contributed by atoms with E-state index in [-0.39, 0.29) is 17.4 Å². The highest BCUT2D eigenvalue weighted by Crippen LogP contribution is 2.21. The van der Waals surface area contributed by atoms with Crippen LogP contribution in [0.5, 0.6) is 0 Å². The van der Waals surface area contributed by atoms with E-state index in [1.54, 1.807) is 7.11 Å². The van der Waals surface area contributed by atoms with Gasteiger partial charge in [0.05, 0.1) is 12.3 Å². The molecule has 0 atom stereocenters. The molecule has 0 spiro atoms. The van der Waals surface area contributed by atoms with Crippen molar-refractivity contribution in [3.05, 3.63) is 17.2 Å². The van der Waals surface area contributed by atoms with Crippen molar-refractivity contribution in [2.24, 2.45) is 0 Å². The summed E-state index contributed by atoms with van der Waals surface area (Å²) < 4.78 is 6.81. The van der Waals surface area contributed by atoms with E-state index in [1.807, 2.05) is 25.3 Å². The van der Waals surface area contributed by atoms with Crippen LogP contribution in [-0.2, 0) is 17.7 Å². The zero-order chi connectivity index (χ0) is 17.0.